The van der Waals surface area contributed by atoms with E-state index in [-0.39, 0.29) is 17.5 Å². The molecular formula is C16H21F3N2O. The minimum absolute atomic E-state index is 0.200. The van der Waals surface area contributed by atoms with E-state index in [1.165, 1.54) is 0 Å². The van der Waals surface area contributed by atoms with Crippen LogP contribution < -0.4 is 5.32 Å². The molecule has 2 heterocycles. The number of benzene rings is 1. The molecule has 3 nitrogen and oxygen atoms in total. The first-order valence-corrected chi connectivity index (χ1v) is 7.84. The van der Waals surface area contributed by atoms with Crippen LogP contribution in [0.2, 0.25) is 0 Å². The number of hydrogen-bond acceptors (Lipinski definition) is 3. The Hall–Kier alpha value is -1.11. The molecule has 0 unspecified atom stereocenters. The summed E-state index contributed by atoms with van der Waals surface area (Å²) in [6.07, 6.45) is 1.63. The zero-order valence-corrected chi connectivity index (χ0v) is 12.5. The average Bonchev–Trinajstić information content (AvgIpc) is 2.55. The third kappa shape index (κ3) is 3.29. The summed E-state index contributed by atoms with van der Waals surface area (Å²) in [5.74, 6) is -2.57. The van der Waals surface area contributed by atoms with E-state index in [9.17, 15) is 13.2 Å². The summed E-state index contributed by atoms with van der Waals surface area (Å²) in [5, 5.41) is 3.26. The molecule has 6 heteroatoms. The molecule has 1 aromatic carbocycles. The summed E-state index contributed by atoms with van der Waals surface area (Å²) < 4.78 is 46.6. The van der Waals surface area contributed by atoms with Crippen molar-refractivity contribution >= 4 is 0 Å². The summed E-state index contributed by atoms with van der Waals surface area (Å²) in [7, 11) is 0. The molecule has 0 saturated carbocycles. The van der Waals surface area contributed by atoms with Gasteiger partial charge in [-0.1, -0.05) is 0 Å². The zero-order chi connectivity index (χ0) is 15.5. The van der Waals surface area contributed by atoms with Crippen molar-refractivity contribution in [2.45, 2.75) is 18.9 Å². The van der Waals surface area contributed by atoms with Crippen LogP contribution in [0.25, 0.3) is 0 Å². The van der Waals surface area contributed by atoms with Gasteiger partial charge in [-0.3, -0.25) is 4.90 Å². The second-order valence-corrected chi connectivity index (χ2v) is 5.97. The van der Waals surface area contributed by atoms with Crippen molar-refractivity contribution in [2.24, 2.45) is 5.92 Å². The molecule has 1 N–H and O–H groups in total. The normalized spacial score (nSPS) is 22.7. The Morgan fingerprint density at radius 1 is 1.00 bits per heavy atom. The monoisotopic (exact) mass is 314 g/mol. The molecule has 2 fully saturated rings. The fourth-order valence-electron chi connectivity index (χ4n) is 3.51. The quantitative estimate of drug-likeness (QED) is 0.868. The zero-order valence-electron chi connectivity index (χ0n) is 12.5. The topological polar surface area (TPSA) is 24.5 Å². The van der Waals surface area contributed by atoms with Gasteiger partial charge >= 0.3 is 0 Å². The highest BCUT2D eigenvalue weighted by molar-refractivity contribution is 5.24. The maximum Gasteiger partial charge on any atom is 0.161 e. The van der Waals surface area contributed by atoms with E-state index in [0.717, 1.165) is 45.1 Å². The minimum atomic E-state index is -1.13. The predicted octanol–water partition coefficient (Wildman–Crippen LogP) is 2.48. The van der Waals surface area contributed by atoms with Gasteiger partial charge in [0.25, 0.3) is 0 Å². The van der Waals surface area contributed by atoms with Crippen LogP contribution in [-0.4, -0.2) is 44.3 Å². The third-order valence-electron chi connectivity index (χ3n) is 4.62. The van der Waals surface area contributed by atoms with Crippen LogP contribution in [0, 0.1) is 23.4 Å². The van der Waals surface area contributed by atoms with Gasteiger partial charge in [0.05, 0.1) is 0 Å². The van der Waals surface area contributed by atoms with Crippen LogP contribution in [-0.2, 0) is 4.74 Å². The Morgan fingerprint density at radius 2 is 1.64 bits per heavy atom. The summed E-state index contributed by atoms with van der Waals surface area (Å²) in [5.41, 5.74) is 0.271. The Morgan fingerprint density at radius 3 is 2.32 bits per heavy atom. The lowest BCUT2D eigenvalue weighted by atomic mass is 9.85. The summed E-state index contributed by atoms with van der Waals surface area (Å²) in [4.78, 5) is 2.18. The maximum atomic E-state index is 14.3. The van der Waals surface area contributed by atoms with Crippen molar-refractivity contribution in [3.8, 4) is 0 Å². The first-order chi connectivity index (χ1) is 10.7. The smallest absolute Gasteiger partial charge is 0.161 e. The number of nitrogens with zero attached hydrogens (tertiary/aromatic N) is 1. The van der Waals surface area contributed by atoms with E-state index >= 15 is 0 Å². The highest BCUT2D eigenvalue weighted by Gasteiger charge is 2.33. The summed E-state index contributed by atoms with van der Waals surface area (Å²) in [6, 6.07) is 1.48. The molecule has 1 atom stereocenters. The van der Waals surface area contributed by atoms with E-state index in [4.69, 9.17) is 4.74 Å². The van der Waals surface area contributed by atoms with E-state index in [0.29, 0.717) is 19.3 Å². The van der Waals surface area contributed by atoms with Crippen molar-refractivity contribution in [3.05, 3.63) is 35.1 Å². The van der Waals surface area contributed by atoms with Crippen LogP contribution in [0.3, 0.4) is 0 Å². The fraction of sp³-hybridized carbons (Fsp3) is 0.625. The second kappa shape index (κ2) is 6.98. The van der Waals surface area contributed by atoms with Crippen LogP contribution in [0.4, 0.5) is 13.2 Å². The number of halogens is 3. The molecule has 1 aromatic rings. The standard InChI is InChI=1S/C16H21F3N2O/c17-13-10-15(19)14(18)9-12(13)16(11-1-7-22-8-2-11)21-5-3-20-4-6-21/h9-11,16,20H,1-8H2/t16-/m0/s1. The molecule has 0 radical (unpaired) electrons. The molecule has 0 amide bonds. The molecule has 0 aromatic heterocycles. The Labute approximate surface area is 128 Å². The number of piperazine rings is 1. The van der Waals surface area contributed by atoms with Crippen molar-refractivity contribution in [2.75, 3.05) is 39.4 Å². The molecular weight excluding hydrogens is 293 g/mol. The van der Waals surface area contributed by atoms with Gasteiger partial charge in [0.1, 0.15) is 5.82 Å². The van der Waals surface area contributed by atoms with Gasteiger partial charge in [-0.2, -0.15) is 0 Å². The Kier molecular flexibility index (Phi) is 5.00. The van der Waals surface area contributed by atoms with Crippen molar-refractivity contribution in [1.82, 2.24) is 10.2 Å². The number of rotatable bonds is 3. The highest BCUT2D eigenvalue weighted by Crippen LogP contribution is 2.37. The molecule has 0 bridgehead atoms. The summed E-state index contributed by atoms with van der Waals surface area (Å²) >= 11 is 0. The van der Waals surface area contributed by atoms with Crippen LogP contribution in [0.1, 0.15) is 24.4 Å². The van der Waals surface area contributed by atoms with Gasteiger partial charge in [0.15, 0.2) is 11.6 Å². The SMILES string of the molecule is Fc1cc(F)c([C@H](C2CCOCC2)N2CCNCC2)cc1F. The third-order valence-corrected chi connectivity index (χ3v) is 4.62. The number of ether oxygens (including phenoxy) is 1. The van der Waals surface area contributed by atoms with Gasteiger partial charge < -0.3 is 10.1 Å². The number of hydrogen-bond donors (Lipinski definition) is 1. The molecule has 2 aliphatic heterocycles. The molecule has 2 aliphatic rings. The van der Waals surface area contributed by atoms with Crippen LogP contribution in [0.5, 0.6) is 0 Å². The fourth-order valence-corrected chi connectivity index (χ4v) is 3.51. The second-order valence-electron chi connectivity index (χ2n) is 5.97. The van der Waals surface area contributed by atoms with Gasteiger partial charge in [0, 0.05) is 57.1 Å². The Bertz CT molecular complexity index is 496. The molecule has 22 heavy (non-hydrogen) atoms. The lowest BCUT2D eigenvalue weighted by Gasteiger charge is -2.41. The van der Waals surface area contributed by atoms with Crippen molar-refractivity contribution in [3.63, 3.8) is 0 Å². The maximum absolute atomic E-state index is 14.3. The largest absolute Gasteiger partial charge is 0.381 e. The van der Waals surface area contributed by atoms with E-state index in [1.807, 2.05) is 0 Å². The van der Waals surface area contributed by atoms with E-state index in [2.05, 4.69) is 10.2 Å². The lowest BCUT2D eigenvalue weighted by Crippen LogP contribution is -2.47. The van der Waals surface area contributed by atoms with Gasteiger partial charge in [-0.15, -0.1) is 0 Å². The van der Waals surface area contributed by atoms with Gasteiger partial charge in [-0.05, 0) is 24.8 Å². The average molecular weight is 314 g/mol. The molecule has 122 valence electrons. The molecule has 3 rings (SSSR count). The molecule has 2 saturated heterocycles. The van der Waals surface area contributed by atoms with E-state index < -0.39 is 17.5 Å². The lowest BCUT2D eigenvalue weighted by molar-refractivity contribution is 0.0201. The Balaban J connectivity index is 1.94. The summed E-state index contributed by atoms with van der Waals surface area (Å²) in [6.45, 7) is 4.48. The van der Waals surface area contributed by atoms with E-state index in [1.54, 1.807) is 0 Å². The van der Waals surface area contributed by atoms with Crippen molar-refractivity contribution < 1.29 is 17.9 Å². The minimum Gasteiger partial charge on any atom is -0.381 e. The van der Waals surface area contributed by atoms with Gasteiger partial charge in [-0.25, -0.2) is 13.2 Å². The van der Waals surface area contributed by atoms with Crippen LogP contribution in [0.15, 0.2) is 12.1 Å². The van der Waals surface area contributed by atoms with Gasteiger partial charge in [0.2, 0.25) is 0 Å². The molecule has 0 aliphatic carbocycles. The molecule has 0 spiro atoms. The van der Waals surface area contributed by atoms with Crippen LogP contribution >= 0.6 is 0 Å². The number of nitrogens with one attached hydrogen (secondary N) is 1. The first-order valence-electron chi connectivity index (χ1n) is 7.84. The highest BCUT2D eigenvalue weighted by atomic mass is 19.2. The van der Waals surface area contributed by atoms with Crippen molar-refractivity contribution in [1.29, 1.82) is 0 Å². The first kappa shape index (κ1) is 15.8. The predicted molar refractivity (Wildman–Crippen MR) is 77.0 cm³/mol.